The summed E-state index contributed by atoms with van der Waals surface area (Å²) in [5.41, 5.74) is 1.98. The van der Waals surface area contributed by atoms with E-state index in [1.165, 1.54) is 0 Å². The van der Waals surface area contributed by atoms with Crippen LogP contribution in [0.15, 0.2) is 6.20 Å². The van der Waals surface area contributed by atoms with E-state index in [1.807, 2.05) is 13.2 Å². The van der Waals surface area contributed by atoms with Gasteiger partial charge >= 0.3 is 0 Å². The minimum Gasteiger partial charge on any atom is -0.392 e. The smallest absolute Gasteiger partial charge is 0.0715 e. The summed E-state index contributed by atoms with van der Waals surface area (Å²) in [6, 6.07) is 0. The third-order valence-corrected chi connectivity index (χ3v) is 1.65. The average Bonchev–Trinajstić information content (AvgIpc) is 2.32. The van der Waals surface area contributed by atoms with Crippen LogP contribution in [0.4, 0.5) is 0 Å². The van der Waals surface area contributed by atoms with Crippen LogP contribution < -0.4 is 0 Å². The van der Waals surface area contributed by atoms with E-state index in [-0.39, 0.29) is 6.61 Å². The highest BCUT2D eigenvalue weighted by molar-refractivity contribution is 5.15. The van der Waals surface area contributed by atoms with Crippen molar-refractivity contribution in [2.45, 2.75) is 26.4 Å². The first-order chi connectivity index (χ1) is 5.27. The fraction of sp³-hybridized carbons (Fsp3) is 0.625. The van der Waals surface area contributed by atoms with Crippen molar-refractivity contribution in [1.29, 1.82) is 0 Å². The van der Waals surface area contributed by atoms with E-state index in [0.717, 1.165) is 24.1 Å². The SMILES string of the molecule is CCCc1nn(C)cc1CO. The lowest BCUT2D eigenvalue weighted by Gasteiger charge is -1.93. The highest BCUT2D eigenvalue weighted by Crippen LogP contribution is 2.07. The van der Waals surface area contributed by atoms with Crippen molar-refractivity contribution in [2.24, 2.45) is 7.05 Å². The standard InChI is InChI=1S/C8H14N2O/c1-3-4-8-7(6-11)5-10(2)9-8/h5,11H,3-4,6H2,1-2H3. The molecular weight excluding hydrogens is 140 g/mol. The molecule has 3 heteroatoms. The highest BCUT2D eigenvalue weighted by atomic mass is 16.3. The van der Waals surface area contributed by atoms with E-state index >= 15 is 0 Å². The fourth-order valence-electron chi connectivity index (χ4n) is 1.16. The molecule has 62 valence electrons. The van der Waals surface area contributed by atoms with Crippen molar-refractivity contribution >= 4 is 0 Å². The lowest BCUT2D eigenvalue weighted by atomic mass is 10.2. The summed E-state index contributed by atoms with van der Waals surface area (Å²) in [4.78, 5) is 0. The molecule has 1 N–H and O–H groups in total. The van der Waals surface area contributed by atoms with Gasteiger partial charge in [0.2, 0.25) is 0 Å². The molecule has 1 aromatic rings. The molecule has 0 aliphatic carbocycles. The van der Waals surface area contributed by atoms with Gasteiger partial charge in [0.15, 0.2) is 0 Å². The second kappa shape index (κ2) is 3.53. The number of aromatic nitrogens is 2. The maximum Gasteiger partial charge on any atom is 0.0715 e. The van der Waals surface area contributed by atoms with E-state index in [4.69, 9.17) is 5.11 Å². The summed E-state index contributed by atoms with van der Waals surface area (Å²) < 4.78 is 1.75. The molecule has 0 amide bonds. The minimum atomic E-state index is 0.100. The zero-order valence-corrected chi connectivity index (χ0v) is 7.04. The quantitative estimate of drug-likeness (QED) is 0.701. The van der Waals surface area contributed by atoms with Crippen molar-refractivity contribution in [3.8, 4) is 0 Å². The molecule has 0 fully saturated rings. The predicted octanol–water partition coefficient (Wildman–Crippen LogP) is 0.865. The Labute approximate surface area is 66.7 Å². The second-order valence-electron chi connectivity index (χ2n) is 2.68. The lowest BCUT2D eigenvalue weighted by molar-refractivity contribution is 0.280. The molecule has 0 bridgehead atoms. The van der Waals surface area contributed by atoms with Crippen molar-refractivity contribution < 1.29 is 5.11 Å². The molecule has 0 saturated heterocycles. The molecule has 0 saturated carbocycles. The van der Waals surface area contributed by atoms with Crippen LogP contribution in [0.25, 0.3) is 0 Å². The summed E-state index contributed by atoms with van der Waals surface area (Å²) in [6.45, 7) is 2.21. The number of hydrogen-bond donors (Lipinski definition) is 1. The summed E-state index contributed by atoms with van der Waals surface area (Å²) in [6.07, 6.45) is 3.89. The summed E-state index contributed by atoms with van der Waals surface area (Å²) >= 11 is 0. The molecule has 0 atom stereocenters. The first kappa shape index (κ1) is 8.27. The molecule has 0 spiro atoms. The Morgan fingerprint density at radius 1 is 1.64 bits per heavy atom. The highest BCUT2D eigenvalue weighted by Gasteiger charge is 2.03. The normalized spacial score (nSPS) is 10.5. The van der Waals surface area contributed by atoms with Crippen LogP contribution in [-0.4, -0.2) is 14.9 Å². The van der Waals surface area contributed by atoms with Crippen LogP contribution >= 0.6 is 0 Å². The molecule has 1 rings (SSSR count). The van der Waals surface area contributed by atoms with Gasteiger partial charge in [-0.25, -0.2) is 0 Å². The Balaban J connectivity index is 2.83. The van der Waals surface area contributed by atoms with Crippen LogP contribution in [-0.2, 0) is 20.1 Å². The summed E-state index contributed by atoms with van der Waals surface area (Å²) in [5, 5.41) is 13.1. The van der Waals surface area contributed by atoms with E-state index in [1.54, 1.807) is 4.68 Å². The monoisotopic (exact) mass is 154 g/mol. The maximum atomic E-state index is 8.91. The van der Waals surface area contributed by atoms with Crippen molar-refractivity contribution in [3.63, 3.8) is 0 Å². The number of hydrogen-bond acceptors (Lipinski definition) is 2. The minimum absolute atomic E-state index is 0.100. The fourth-order valence-corrected chi connectivity index (χ4v) is 1.16. The average molecular weight is 154 g/mol. The van der Waals surface area contributed by atoms with Crippen LogP contribution in [0, 0.1) is 0 Å². The van der Waals surface area contributed by atoms with Gasteiger partial charge in [-0.1, -0.05) is 13.3 Å². The number of aliphatic hydroxyl groups excluding tert-OH is 1. The largest absolute Gasteiger partial charge is 0.392 e. The van der Waals surface area contributed by atoms with Crippen LogP contribution in [0.1, 0.15) is 24.6 Å². The van der Waals surface area contributed by atoms with Gasteiger partial charge in [-0.05, 0) is 6.42 Å². The Morgan fingerprint density at radius 2 is 2.36 bits per heavy atom. The van der Waals surface area contributed by atoms with Crippen LogP contribution in [0.2, 0.25) is 0 Å². The van der Waals surface area contributed by atoms with Crippen LogP contribution in [0.5, 0.6) is 0 Å². The number of aliphatic hydroxyl groups is 1. The van der Waals surface area contributed by atoms with E-state index in [9.17, 15) is 0 Å². The number of rotatable bonds is 3. The van der Waals surface area contributed by atoms with Crippen molar-refractivity contribution in [1.82, 2.24) is 9.78 Å². The van der Waals surface area contributed by atoms with Gasteiger partial charge < -0.3 is 5.11 Å². The molecule has 3 nitrogen and oxygen atoms in total. The maximum absolute atomic E-state index is 8.91. The first-order valence-electron chi connectivity index (χ1n) is 3.90. The molecule has 0 unspecified atom stereocenters. The van der Waals surface area contributed by atoms with Gasteiger partial charge in [0, 0.05) is 18.8 Å². The Hall–Kier alpha value is -0.830. The molecule has 1 aromatic heterocycles. The van der Waals surface area contributed by atoms with Gasteiger partial charge in [-0.3, -0.25) is 4.68 Å². The zero-order valence-electron chi connectivity index (χ0n) is 7.04. The van der Waals surface area contributed by atoms with Crippen molar-refractivity contribution in [3.05, 3.63) is 17.5 Å². The first-order valence-corrected chi connectivity index (χ1v) is 3.90. The summed E-state index contributed by atoms with van der Waals surface area (Å²) in [5.74, 6) is 0. The summed E-state index contributed by atoms with van der Waals surface area (Å²) in [7, 11) is 1.87. The molecule has 1 heterocycles. The predicted molar refractivity (Wildman–Crippen MR) is 43.1 cm³/mol. The van der Waals surface area contributed by atoms with E-state index in [2.05, 4.69) is 12.0 Å². The van der Waals surface area contributed by atoms with E-state index in [0.29, 0.717) is 0 Å². The Bertz CT molecular complexity index is 230. The third kappa shape index (κ3) is 1.80. The van der Waals surface area contributed by atoms with E-state index < -0.39 is 0 Å². The van der Waals surface area contributed by atoms with Gasteiger partial charge in [0.25, 0.3) is 0 Å². The molecule has 0 radical (unpaired) electrons. The molecular formula is C8H14N2O. The topological polar surface area (TPSA) is 38.0 Å². The molecule has 0 aliphatic rings. The number of aryl methyl sites for hydroxylation is 2. The zero-order chi connectivity index (χ0) is 8.27. The van der Waals surface area contributed by atoms with Gasteiger partial charge in [0.05, 0.1) is 12.3 Å². The van der Waals surface area contributed by atoms with Crippen molar-refractivity contribution in [2.75, 3.05) is 0 Å². The molecule has 0 aliphatic heterocycles. The van der Waals surface area contributed by atoms with Gasteiger partial charge in [0.1, 0.15) is 0 Å². The lowest BCUT2D eigenvalue weighted by Crippen LogP contribution is -1.92. The Morgan fingerprint density at radius 3 is 2.91 bits per heavy atom. The van der Waals surface area contributed by atoms with Gasteiger partial charge in [-0.2, -0.15) is 5.10 Å². The van der Waals surface area contributed by atoms with Gasteiger partial charge in [-0.15, -0.1) is 0 Å². The Kier molecular flexibility index (Phi) is 2.65. The van der Waals surface area contributed by atoms with Crippen LogP contribution in [0.3, 0.4) is 0 Å². The third-order valence-electron chi connectivity index (χ3n) is 1.65. The molecule has 0 aromatic carbocycles. The second-order valence-corrected chi connectivity index (χ2v) is 2.68. The number of nitrogens with zero attached hydrogens (tertiary/aromatic N) is 2. The molecule has 11 heavy (non-hydrogen) atoms.